The summed E-state index contributed by atoms with van der Waals surface area (Å²) in [7, 11) is 0. The molecule has 3 nitrogen and oxygen atoms in total. The van der Waals surface area contributed by atoms with Crippen molar-refractivity contribution in [2.75, 3.05) is 0 Å². The van der Waals surface area contributed by atoms with Gasteiger partial charge in [-0.25, -0.2) is 9.78 Å². The van der Waals surface area contributed by atoms with Gasteiger partial charge in [0.1, 0.15) is 6.61 Å². The highest BCUT2D eigenvalue weighted by atomic mass is 17.2. The molecule has 0 bridgehead atoms. The molecule has 2 aliphatic rings. The van der Waals surface area contributed by atoms with Gasteiger partial charge in [-0.3, -0.25) is 0 Å². The van der Waals surface area contributed by atoms with Crippen molar-refractivity contribution in [3.05, 3.63) is 35.9 Å². The zero-order valence-corrected chi connectivity index (χ0v) is 9.88. The second kappa shape index (κ2) is 5.17. The van der Waals surface area contributed by atoms with Gasteiger partial charge in [0.2, 0.25) is 0 Å². The molecule has 92 valence electrons. The van der Waals surface area contributed by atoms with Crippen molar-refractivity contribution >= 4 is 0 Å². The van der Waals surface area contributed by atoms with E-state index in [9.17, 15) is 0 Å². The number of hydrogen-bond donors (Lipinski definition) is 0. The van der Waals surface area contributed by atoms with E-state index in [1.807, 2.05) is 30.3 Å². The molecular weight excluding hydrogens is 216 g/mol. The molecule has 3 heteroatoms. The predicted molar refractivity (Wildman–Crippen MR) is 63.2 cm³/mol. The smallest absolute Gasteiger partial charge is 0.107 e. The molecule has 2 saturated carbocycles. The molecule has 1 aromatic rings. The van der Waals surface area contributed by atoms with Gasteiger partial charge in [0.15, 0.2) is 0 Å². The van der Waals surface area contributed by atoms with E-state index in [0.29, 0.717) is 18.8 Å². The third-order valence-corrected chi connectivity index (χ3v) is 3.23. The van der Waals surface area contributed by atoms with Crippen LogP contribution in [0.5, 0.6) is 0 Å². The number of rotatable bonds is 6. The van der Waals surface area contributed by atoms with Gasteiger partial charge in [-0.15, -0.1) is 0 Å². The van der Waals surface area contributed by atoms with E-state index < -0.39 is 0 Å². The lowest BCUT2D eigenvalue weighted by atomic mass is 9.92. The minimum absolute atomic E-state index is 0.225. The van der Waals surface area contributed by atoms with Crippen LogP contribution in [0, 0.1) is 0 Å². The first-order valence-corrected chi connectivity index (χ1v) is 6.38. The molecule has 0 atom stereocenters. The van der Waals surface area contributed by atoms with E-state index in [4.69, 9.17) is 14.5 Å². The van der Waals surface area contributed by atoms with Gasteiger partial charge >= 0.3 is 0 Å². The van der Waals surface area contributed by atoms with Crippen molar-refractivity contribution in [3.63, 3.8) is 0 Å². The minimum atomic E-state index is 0.225. The first-order valence-electron chi connectivity index (χ1n) is 6.38. The fraction of sp³-hybridized carbons (Fsp3) is 0.571. The largest absolute Gasteiger partial charge is 0.375 e. The van der Waals surface area contributed by atoms with Crippen LogP contribution in [0.15, 0.2) is 30.3 Å². The molecule has 0 radical (unpaired) electrons. The van der Waals surface area contributed by atoms with Crippen molar-refractivity contribution in [2.24, 2.45) is 0 Å². The van der Waals surface area contributed by atoms with Gasteiger partial charge in [0.25, 0.3) is 0 Å². The molecule has 2 fully saturated rings. The van der Waals surface area contributed by atoms with Crippen LogP contribution >= 0.6 is 0 Å². The van der Waals surface area contributed by atoms with Crippen molar-refractivity contribution in [1.82, 2.24) is 0 Å². The summed E-state index contributed by atoms with van der Waals surface area (Å²) < 4.78 is 5.76. The van der Waals surface area contributed by atoms with E-state index in [1.165, 1.54) is 12.8 Å². The van der Waals surface area contributed by atoms with Crippen molar-refractivity contribution in [3.8, 4) is 0 Å². The average Bonchev–Trinajstić information content (AvgIpc) is 3.11. The Hall–Kier alpha value is -0.900. The van der Waals surface area contributed by atoms with E-state index in [2.05, 4.69) is 0 Å². The van der Waals surface area contributed by atoms with Crippen LogP contribution in [0.1, 0.15) is 31.2 Å². The Morgan fingerprint density at radius 2 is 1.71 bits per heavy atom. The van der Waals surface area contributed by atoms with Crippen LogP contribution in [0.3, 0.4) is 0 Å². The zero-order valence-electron chi connectivity index (χ0n) is 9.88. The molecule has 0 spiro atoms. The Kier molecular flexibility index (Phi) is 3.41. The summed E-state index contributed by atoms with van der Waals surface area (Å²) in [6, 6.07) is 10.1. The summed E-state index contributed by atoms with van der Waals surface area (Å²) in [6.07, 6.45) is 5.62. The van der Waals surface area contributed by atoms with Crippen molar-refractivity contribution in [1.29, 1.82) is 0 Å². The van der Waals surface area contributed by atoms with Crippen LogP contribution < -0.4 is 0 Å². The topological polar surface area (TPSA) is 27.7 Å². The Labute approximate surface area is 102 Å². The number of ether oxygens (including phenoxy) is 1. The zero-order chi connectivity index (χ0) is 11.5. The molecule has 0 amide bonds. The maximum Gasteiger partial charge on any atom is 0.107 e. The van der Waals surface area contributed by atoms with E-state index in [1.54, 1.807) is 0 Å². The van der Waals surface area contributed by atoms with Crippen LogP contribution in [-0.4, -0.2) is 18.3 Å². The molecule has 0 saturated heterocycles. The Morgan fingerprint density at radius 3 is 2.41 bits per heavy atom. The molecule has 0 N–H and O–H groups in total. The van der Waals surface area contributed by atoms with Crippen LogP contribution in [0.25, 0.3) is 0 Å². The molecular formula is C14H18O3. The fourth-order valence-electron chi connectivity index (χ4n) is 1.96. The lowest BCUT2D eigenvalue weighted by molar-refractivity contribution is -0.355. The van der Waals surface area contributed by atoms with E-state index in [-0.39, 0.29) is 6.10 Å². The molecule has 0 aliphatic heterocycles. The fourth-order valence-corrected chi connectivity index (χ4v) is 1.96. The van der Waals surface area contributed by atoms with Crippen LogP contribution in [-0.2, 0) is 21.1 Å². The normalized spacial score (nSPS) is 27.8. The Morgan fingerprint density at radius 1 is 0.941 bits per heavy atom. The molecule has 17 heavy (non-hydrogen) atoms. The highest BCUT2D eigenvalue weighted by molar-refractivity contribution is 5.13. The first-order chi connectivity index (χ1) is 8.40. The van der Waals surface area contributed by atoms with E-state index in [0.717, 1.165) is 18.4 Å². The second-order valence-electron chi connectivity index (χ2n) is 4.89. The molecule has 0 aromatic heterocycles. The Bertz CT molecular complexity index is 342. The molecule has 1 aromatic carbocycles. The second-order valence-corrected chi connectivity index (χ2v) is 4.89. The van der Waals surface area contributed by atoms with Gasteiger partial charge in [-0.05, 0) is 18.4 Å². The monoisotopic (exact) mass is 234 g/mol. The van der Waals surface area contributed by atoms with Gasteiger partial charge < -0.3 is 4.74 Å². The Balaban J connectivity index is 1.28. The summed E-state index contributed by atoms with van der Waals surface area (Å²) in [4.78, 5) is 10.6. The van der Waals surface area contributed by atoms with Gasteiger partial charge in [0.05, 0.1) is 18.3 Å². The lowest BCUT2D eigenvalue weighted by Gasteiger charge is -2.33. The maximum absolute atomic E-state index is 5.76. The average molecular weight is 234 g/mol. The summed E-state index contributed by atoms with van der Waals surface area (Å²) >= 11 is 0. The summed E-state index contributed by atoms with van der Waals surface area (Å²) in [5.74, 6) is 0. The van der Waals surface area contributed by atoms with Crippen LogP contribution in [0.2, 0.25) is 0 Å². The molecule has 2 aliphatic carbocycles. The predicted octanol–water partition coefficient (Wildman–Crippen LogP) is 2.84. The number of hydrogen-bond acceptors (Lipinski definition) is 3. The van der Waals surface area contributed by atoms with Crippen LogP contribution in [0.4, 0.5) is 0 Å². The summed E-state index contributed by atoms with van der Waals surface area (Å²) in [6.45, 7) is 0.519. The number of benzene rings is 1. The standard InChI is InChI=1S/C14H18O3/c1-2-4-11(5-3-1)10-15-17-14-8-13(9-14)16-12-6-7-12/h1-5,12-14H,6-10H2. The molecule has 0 heterocycles. The maximum atomic E-state index is 5.76. The SMILES string of the molecule is c1ccc(COOC2CC(OC3CC3)C2)cc1. The summed E-state index contributed by atoms with van der Waals surface area (Å²) in [5.41, 5.74) is 1.14. The van der Waals surface area contributed by atoms with Crippen molar-refractivity contribution in [2.45, 2.75) is 50.6 Å². The van der Waals surface area contributed by atoms with Gasteiger partial charge in [0, 0.05) is 12.8 Å². The van der Waals surface area contributed by atoms with Crippen molar-refractivity contribution < 1.29 is 14.5 Å². The summed E-state index contributed by atoms with van der Waals surface area (Å²) in [5, 5.41) is 0. The quantitative estimate of drug-likeness (QED) is 0.559. The van der Waals surface area contributed by atoms with E-state index >= 15 is 0 Å². The lowest BCUT2D eigenvalue weighted by Crippen LogP contribution is -2.38. The third kappa shape index (κ3) is 3.28. The first kappa shape index (κ1) is 11.2. The molecule has 0 unspecified atom stereocenters. The van der Waals surface area contributed by atoms with Gasteiger partial charge in [-0.1, -0.05) is 30.3 Å². The highest BCUT2D eigenvalue weighted by Crippen LogP contribution is 2.33. The highest BCUT2D eigenvalue weighted by Gasteiger charge is 2.36. The molecule has 3 rings (SSSR count). The third-order valence-electron chi connectivity index (χ3n) is 3.23. The van der Waals surface area contributed by atoms with Gasteiger partial charge in [-0.2, -0.15) is 0 Å². The minimum Gasteiger partial charge on any atom is -0.375 e.